The van der Waals surface area contributed by atoms with E-state index in [0.717, 1.165) is 26.2 Å². The van der Waals surface area contributed by atoms with Gasteiger partial charge in [-0.05, 0) is 0 Å². The third kappa shape index (κ3) is 21.7. The largest absolute Gasteiger partial charge is 0.269 e. The molecule has 0 bridgehead atoms. The highest BCUT2D eigenvalue weighted by Gasteiger charge is 2.04. The first-order valence-electron chi connectivity index (χ1n) is 4.46. The number of rotatable bonds is 6. The monoisotopic (exact) mass is 296 g/mol. The maximum atomic E-state index is 2.35. The van der Waals surface area contributed by atoms with Gasteiger partial charge in [-0.3, -0.25) is 28.2 Å². The summed E-state index contributed by atoms with van der Waals surface area (Å²) in [6.45, 7) is 13.3. The first-order valence-corrected chi connectivity index (χ1v) is 5.19. The highest BCUT2D eigenvalue weighted by Crippen LogP contribution is 2.13. The van der Waals surface area contributed by atoms with E-state index >= 15 is 0 Å². The van der Waals surface area contributed by atoms with Gasteiger partial charge in [0.05, 0.1) is 0 Å². The fourth-order valence-electron chi connectivity index (χ4n) is 0.841. The van der Waals surface area contributed by atoms with E-state index in [1.54, 1.807) is 0 Å². The summed E-state index contributed by atoms with van der Waals surface area (Å²) in [6, 6.07) is 0. The van der Waals surface area contributed by atoms with Crippen LogP contribution in [0.5, 0.6) is 0 Å². The second-order valence-corrected chi connectivity index (χ2v) is 3.51. The fourth-order valence-corrected chi connectivity index (χ4v) is 1.63. The summed E-state index contributed by atoms with van der Waals surface area (Å²) < 4.78 is 4.71. The van der Waals surface area contributed by atoms with Gasteiger partial charge in [0.25, 0.3) is 0 Å². The third-order valence-electron chi connectivity index (χ3n) is 1.64. The molecule has 0 radical (unpaired) electrons. The van der Waals surface area contributed by atoms with Gasteiger partial charge in [-0.25, -0.2) is 8.61 Å². The Kier molecular flexibility index (Phi) is 76.2. The summed E-state index contributed by atoms with van der Waals surface area (Å²) in [4.78, 5) is 0. The lowest BCUT2D eigenvalue weighted by Crippen LogP contribution is -2.24. The molecule has 0 aliphatic carbocycles. The lowest BCUT2D eigenvalue weighted by molar-refractivity contribution is 0.455. The zero-order valence-corrected chi connectivity index (χ0v) is 11.4. The summed E-state index contributed by atoms with van der Waals surface area (Å²) in [6.07, 6.45) is 0. The van der Waals surface area contributed by atoms with Gasteiger partial charge in [0, 0.05) is 38.3 Å². The molecule has 9 heteroatoms. The molecule has 0 amide bonds. The summed E-state index contributed by atoms with van der Waals surface area (Å²) in [7, 11) is 0. The standard InChI is InChI=1S/C8H20N2S.6FH/c1-5-9(6-2)11-10(7-3)8-4;;;;;;/h5-8H2,1-4H3;6*1H. The molecule has 0 aliphatic rings. The van der Waals surface area contributed by atoms with Gasteiger partial charge >= 0.3 is 0 Å². The molecule has 0 aromatic heterocycles. The molecule has 116 valence electrons. The van der Waals surface area contributed by atoms with E-state index in [9.17, 15) is 0 Å². The van der Waals surface area contributed by atoms with E-state index in [4.69, 9.17) is 0 Å². The lowest BCUT2D eigenvalue weighted by atomic mass is 10.7. The van der Waals surface area contributed by atoms with Crippen molar-refractivity contribution in [1.29, 1.82) is 0 Å². The van der Waals surface area contributed by atoms with Gasteiger partial charge in [-0.2, -0.15) is 0 Å². The minimum absolute atomic E-state index is 0. The Labute approximate surface area is 104 Å². The quantitative estimate of drug-likeness (QED) is 0.549. The van der Waals surface area contributed by atoms with Crippen molar-refractivity contribution in [2.75, 3.05) is 26.2 Å². The highest BCUT2D eigenvalue weighted by molar-refractivity contribution is 7.94. The van der Waals surface area contributed by atoms with Crippen LogP contribution in [0.15, 0.2) is 0 Å². The molecule has 0 aromatic carbocycles. The predicted molar refractivity (Wildman–Crippen MR) is 68.5 cm³/mol. The molecule has 0 unspecified atom stereocenters. The summed E-state index contributed by atoms with van der Waals surface area (Å²) in [5.41, 5.74) is 0. The van der Waals surface area contributed by atoms with Crippen LogP contribution in [0.3, 0.4) is 0 Å². The average Bonchev–Trinajstić information content (AvgIpc) is 2.07. The molecular formula is C8H26F6N2S. The first-order chi connectivity index (χ1) is 5.28. The Balaban J connectivity index is -0.0000000333. The topological polar surface area (TPSA) is 6.48 Å². The Morgan fingerprint density at radius 2 is 0.706 bits per heavy atom. The molecule has 0 rings (SSSR count). The van der Waals surface area contributed by atoms with Crippen molar-refractivity contribution in [3.63, 3.8) is 0 Å². The number of nitrogens with zero attached hydrogens (tertiary/aromatic N) is 2. The van der Waals surface area contributed by atoms with Crippen LogP contribution in [-0.2, 0) is 0 Å². The minimum atomic E-state index is 0. The molecule has 0 spiro atoms. The molecule has 2 nitrogen and oxygen atoms in total. The van der Waals surface area contributed by atoms with E-state index in [1.165, 1.54) is 0 Å². The van der Waals surface area contributed by atoms with E-state index in [1.807, 2.05) is 12.1 Å². The molecule has 0 aromatic rings. The summed E-state index contributed by atoms with van der Waals surface area (Å²) >= 11 is 1.86. The number of halogens is 6. The second-order valence-electron chi connectivity index (χ2n) is 2.31. The van der Waals surface area contributed by atoms with Crippen LogP contribution in [0.4, 0.5) is 28.2 Å². The van der Waals surface area contributed by atoms with Crippen molar-refractivity contribution in [1.82, 2.24) is 8.61 Å². The van der Waals surface area contributed by atoms with Crippen LogP contribution in [0.1, 0.15) is 27.7 Å². The summed E-state index contributed by atoms with van der Waals surface area (Å²) in [5, 5.41) is 0. The van der Waals surface area contributed by atoms with Gasteiger partial charge in [0.15, 0.2) is 0 Å². The van der Waals surface area contributed by atoms with Crippen molar-refractivity contribution in [2.24, 2.45) is 0 Å². The third-order valence-corrected chi connectivity index (χ3v) is 3.14. The molecule has 17 heavy (non-hydrogen) atoms. The van der Waals surface area contributed by atoms with Gasteiger partial charge < -0.3 is 0 Å². The predicted octanol–water partition coefficient (Wildman–Crippen LogP) is 3.15. The Hall–Kier alpha value is -0.150. The van der Waals surface area contributed by atoms with Crippen molar-refractivity contribution in [3.05, 3.63) is 0 Å². The molecule has 0 fully saturated rings. The van der Waals surface area contributed by atoms with Crippen LogP contribution < -0.4 is 0 Å². The van der Waals surface area contributed by atoms with E-state index in [-0.39, 0.29) is 28.2 Å². The minimum Gasteiger partial charge on any atom is -0.269 e. The van der Waals surface area contributed by atoms with Gasteiger partial charge in [0.1, 0.15) is 0 Å². The van der Waals surface area contributed by atoms with Gasteiger partial charge in [-0.15, -0.1) is 0 Å². The molecule has 0 N–H and O–H groups in total. The molecule has 0 aliphatic heterocycles. The molecule has 0 atom stereocenters. The maximum Gasteiger partial charge on any atom is 0.00897 e. The van der Waals surface area contributed by atoms with Gasteiger partial charge in [-0.1, -0.05) is 27.7 Å². The Bertz CT molecular complexity index is 86.1. The highest BCUT2D eigenvalue weighted by atomic mass is 32.2. The van der Waals surface area contributed by atoms with E-state index in [2.05, 4.69) is 36.3 Å². The van der Waals surface area contributed by atoms with Crippen molar-refractivity contribution < 1.29 is 28.2 Å². The maximum absolute atomic E-state index is 2.35. The zero-order valence-electron chi connectivity index (χ0n) is 10.6. The molecule has 0 saturated carbocycles. The normalized spacial score (nSPS) is 7.41. The van der Waals surface area contributed by atoms with Gasteiger partial charge in [0.2, 0.25) is 0 Å². The molecule has 0 saturated heterocycles. The first kappa shape index (κ1) is 43.6. The smallest absolute Gasteiger partial charge is 0.00897 e. The van der Waals surface area contributed by atoms with E-state index in [0.29, 0.717) is 0 Å². The van der Waals surface area contributed by atoms with Crippen LogP contribution in [0, 0.1) is 0 Å². The molecule has 0 heterocycles. The van der Waals surface area contributed by atoms with Crippen LogP contribution >= 0.6 is 12.1 Å². The zero-order chi connectivity index (χ0) is 8.69. The summed E-state index contributed by atoms with van der Waals surface area (Å²) in [5.74, 6) is 0. The van der Waals surface area contributed by atoms with Crippen molar-refractivity contribution in [2.45, 2.75) is 27.7 Å². The van der Waals surface area contributed by atoms with Crippen LogP contribution in [0.2, 0.25) is 0 Å². The number of hydrogen-bond acceptors (Lipinski definition) is 3. The number of hydrogen-bond donors (Lipinski definition) is 0. The fraction of sp³-hybridized carbons (Fsp3) is 1.00. The SMILES string of the molecule is CCN(CC)SN(CC)CC.F.F.F.F.F.F. The van der Waals surface area contributed by atoms with E-state index < -0.39 is 0 Å². The Morgan fingerprint density at radius 3 is 0.824 bits per heavy atom. The lowest BCUT2D eigenvalue weighted by Gasteiger charge is -2.24. The Morgan fingerprint density at radius 1 is 0.529 bits per heavy atom. The van der Waals surface area contributed by atoms with Crippen molar-refractivity contribution >= 4 is 12.1 Å². The van der Waals surface area contributed by atoms with Crippen molar-refractivity contribution in [3.8, 4) is 0 Å². The molecular weight excluding hydrogens is 270 g/mol. The van der Waals surface area contributed by atoms with Crippen LogP contribution in [-0.4, -0.2) is 34.8 Å². The van der Waals surface area contributed by atoms with Crippen LogP contribution in [0.25, 0.3) is 0 Å². The average molecular weight is 296 g/mol. The second kappa shape index (κ2) is 29.7.